The van der Waals surface area contributed by atoms with Crippen molar-refractivity contribution in [2.75, 3.05) is 0 Å². The second-order valence-electron chi connectivity index (χ2n) is 7.16. The highest BCUT2D eigenvalue weighted by Crippen LogP contribution is 2.46. The van der Waals surface area contributed by atoms with Crippen LogP contribution in [0, 0.1) is 0 Å². The molecule has 16 heteroatoms. The number of halogens is 12. The Kier molecular flexibility index (Phi) is 6.06. The highest BCUT2D eigenvalue weighted by Gasteiger charge is 2.40. The van der Waals surface area contributed by atoms with Crippen LogP contribution in [0.5, 0.6) is 0 Å². The molecular weight excluding hydrogens is 560 g/mol. The second kappa shape index (κ2) is 8.33. The predicted octanol–water partition coefficient (Wildman–Crippen LogP) is 9.16. The molecule has 2 aromatic carbocycles. The highest BCUT2D eigenvalue weighted by atomic mass is 32.1. The average Bonchev–Trinajstić information content (AvgIpc) is 3.29. The molecule has 4 aromatic rings. The number of aromatic nitrogens is 2. The van der Waals surface area contributed by atoms with Gasteiger partial charge in [-0.3, -0.25) is 0 Å². The first-order chi connectivity index (χ1) is 16.4. The van der Waals surface area contributed by atoms with Crippen molar-refractivity contribution in [3.05, 3.63) is 58.7 Å². The van der Waals surface area contributed by atoms with Gasteiger partial charge in [-0.1, -0.05) is 34.8 Å². The molecule has 0 atom stereocenters. The zero-order valence-electron chi connectivity index (χ0n) is 16.7. The summed E-state index contributed by atoms with van der Waals surface area (Å²) >= 11 is 0.952. The van der Waals surface area contributed by atoms with E-state index in [1.807, 2.05) is 0 Å². The van der Waals surface area contributed by atoms with E-state index in [9.17, 15) is 52.7 Å². The second-order valence-corrected chi connectivity index (χ2v) is 9.12. The van der Waals surface area contributed by atoms with Crippen molar-refractivity contribution < 1.29 is 52.7 Å². The molecule has 2 aromatic heterocycles. The summed E-state index contributed by atoms with van der Waals surface area (Å²) in [6.45, 7) is 0. The minimum absolute atomic E-state index is 0.0818. The molecule has 0 aliphatic carbocycles. The molecule has 2 heterocycles. The summed E-state index contributed by atoms with van der Waals surface area (Å²) in [5, 5.41) is -0.778. The van der Waals surface area contributed by atoms with Crippen LogP contribution in [0.4, 0.5) is 52.7 Å². The van der Waals surface area contributed by atoms with E-state index >= 15 is 0 Å². The van der Waals surface area contributed by atoms with E-state index in [0.717, 1.165) is 0 Å². The van der Waals surface area contributed by atoms with Crippen LogP contribution in [0.3, 0.4) is 0 Å². The number of alkyl halides is 12. The number of hydrogen-bond acceptors (Lipinski definition) is 4. The van der Waals surface area contributed by atoms with Gasteiger partial charge in [0.1, 0.15) is 10.0 Å². The van der Waals surface area contributed by atoms with Gasteiger partial charge in [-0.2, -0.15) is 52.7 Å². The fourth-order valence-electron chi connectivity index (χ4n) is 3.16. The molecule has 4 rings (SSSR count). The van der Waals surface area contributed by atoms with E-state index in [0.29, 0.717) is 46.9 Å². The van der Waals surface area contributed by atoms with Gasteiger partial charge in [0.25, 0.3) is 0 Å². The van der Waals surface area contributed by atoms with Crippen LogP contribution < -0.4 is 0 Å². The van der Waals surface area contributed by atoms with Crippen LogP contribution >= 0.6 is 22.7 Å². The molecule has 0 amide bonds. The monoisotopic (exact) mass is 566 g/mol. The lowest BCUT2D eigenvalue weighted by atomic mass is 10.0. The van der Waals surface area contributed by atoms with Gasteiger partial charge in [0.05, 0.1) is 22.3 Å². The summed E-state index contributed by atoms with van der Waals surface area (Å²) in [4.78, 5) is 7.46. The largest absolute Gasteiger partial charge is 0.417 e. The summed E-state index contributed by atoms with van der Waals surface area (Å²) in [6.07, 6.45) is -20.5. The Hall–Kier alpha value is -2.88. The Morgan fingerprint density at radius 1 is 0.472 bits per heavy atom. The van der Waals surface area contributed by atoms with E-state index in [-0.39, 0.29) is 31.8 Å². The third-order valence-corrected chi connectivity index (χ3v) is 6.84. The summed E-state index contributed by atoms with van der Waals surface area (Å²) in [5.41, 5.74) is -7.73. The van der Waals surface area contributed by atoms with Crippen molar-refractivity contribution in [2.45, 2.75) is 24.7 Å². The summed E-state index contributed by atoms with van der Waals surface area (Å²) in [5.74, 6) is 0. The van der Waals surface area contributed by atoms with E-state index in [1.165, 1.54) is 0 Å². The quantitative estimate of drug-likeness (QED) is 0.226. The number of benzene rings is 2. The van der Waals surface area contributed by atoms with Gasteiger partial charge in [0.2, 0.25) is 0 Å². The minimum atomic E-state index is -5.18. The maximum absolute atomic E-state index is 13.5. The first kappa shape index (κ1) is 26.2. The lowest BCUT2D eigenvalue weighted by Gasteiger charge is -2.15. The fourth-order valence-corrected chi connectivity index (χ4v) is 5.28. The van der Waals surface area contributed by atoms with Crippen molar-refractivity contribution in [1.82, 2.24) is 9.97 Å². The molecule has 0 fully saturated rings. The zero-order valence-corrected chi connectivity index (χ0v) is 18.3. The number of nitrogens with zero attached hydrogens (tertiary/aromatic N) is 2. The predicted molar refractivity (Wildman–Crippen MR) is 106 cm³/mol. The molecule has 0 N–H and O–H groups in total. The molecule has 0 aliphatic heterocycles. The van der Waals surface area contributed by atoms with E-state index in [4.69, 9.17) is 0 Å². The van der Waals surface area contributed by atoms with Crippen molar-refractivity contribution in [3.8, 4) is 21.1 Å². The van der Waals surface area contributed by atoms with E-state index in [2.05, 4.69) is 9.97 Å². The van der Waals surface area contributed by atoms with Gasteiger partial charge in [-0.15, -0.1) is 0 Å². The molecule has 0 radical (unpaired) electrons. The topological polar surface area (TPSA) is 25.8 Å². The maximum atomic E-state index is 13.5. The molecule has 2 nitrogen and oxygen atoms in total. The van der Waals surface area contributed by atoms with Crippen LogP contribution in [0.25, 0.3) is 30.8 Å². The Balaban J connectivity index is 1.81. The zero-order chi connectivity index (χ0) is 26.8. The van der Waals surface area contributed by atoms with Crippen LogP contribution in [-0.4, -0.2) is 9.97 Å². The lowest BCUT2D eigenvalue weighted by Crippen LogP contribution is -2.12. The van der Waals surface area contributed by atoms with Crippen LogP contribution in [0.1, 0.15) is 22.3 Å². The van der Waals surface area contributed by atoms with Crippen LogP contribution in [0.2, 0.25) is 0 Å². The van der Waals surface area contributed by atoms with Gasteiger partial charge < -0.3 is 0 Å². The molecule has 36 heavy (non-hydrogen) atoms. The highest BCUT2D eigenvalue weighted by molar-refractivity contribution is 7.29. The van der Waals surface area contributed by atoms with E-state index < -0.39 is 58.1 Å². The maximum Gasteiger partial charge on any atom is 0.417 e. The standard InChI is InChI=1S/C20H6F12N2S2/c21-17(22,23)7-1-3-9(11(5-7)19(27,28)29)13-33-15-16(35-13)34-14(36-15)10-4-2-8(18(24,25)26)6-12(10)20(30,31)32/h1-6H. The first-order valence-electron chi connectivity index (χ1n) is 9.20. The molecule has 0 saturated carbocycles. The molecule has 0 aliphatic rings. The number of thiazole rings is 2. The Morgan fingerprint density at radius 2 is 0.806 bits per heavy atom. The lowest BCUT2D eigenvalue weighted by molar-refractivity contribution is -0.144. The van der Waals surface area contributed by atoms with Crippen LogP contribution in [-0.2, 0) is 24.7 Å². The van der Waals surface area contributed by atoms with Gasteiger partial charge in [0.15, 0.2) is 9.66 Å². The van der Waals surface area contributed by atoms with Crippen molar-refractivity contribution in [3.63, 3.8) is 0 Å². The van der Waals surface area contributed by atoms with Gasteiger partial charge in [0, 0.05) is 11.1 Å². The summed E-state index contributed by atoms with van der Waals surface area (Å²) < 4.78 is 158. The van der Waals surface area contributed by atoms with Gasteiger partial charge >= 0.3 is 24.7 Å². The molecule has 192 valence electrons. The third kappa shape index (κ3) is 5.00. The Labute approximate surface area is 199 Å². The minimum Gasteiger partial charge on any atom is -0.223 e. The number of fused-ring (bicyclic) bond motifs is 1. The fraction of sp³-hybridized carbons (Fsp3) is 0.200. The van der Waals surface area contributed by atoms with Gasteiger partial charge in [-0.05, 0) is 24.3 Å². The average molecular weight is 566 g/mol. The smallest absolute Gasteiger partial charge is 0.223 e. The third-order valence-electron chi connectivity index (χ3n) is 4.74. The molecule has 0 bridgehead atoms. The normalized spacial score (nSPS) is 13.6. The van der Waals surface area contributed by atoms with Crippen molar-refractivity contribution >= 4 is 32.3 Å². The molecular formula is C20H6F12N2S2. The Morgan fingerprint density at radius 3 is 1.08 bits per heavy atom. The van der Waals surface area contributed by atoms with E-state index in [1.54, 1.807) is 0 Å². The first-order valence-corrected chi connectivity index (χ1v) is 10.8. The van der Waals surface area contributed by atoms with Crippen molar-refractivity contribution in [2.24, 2.45) is 0 Å². The summed E-state index contributed by atoms with van der Waals surface area (Å²) in [7, 11) is 0. The molecule has 0 spiro atoms. The summed E-state index contributed by atoms with van der Waals surface area (Å²) in [6, 6.07) is 1.84. The van der Waals surface area contributed by atoms with Gasteiger partial charge in [-0.25, -0.2) is 9.97 Å². The Bertz CT molecular complexity index is 1300. The molecule has 0 saturated heterocycles. The SMILES string of the molecule is FC(F)(F)c1ccc(-c2nc3sc(-c4ccc(C(F)(F)F)cc4C(F)(F)F)nc3s2)c(C(F)(F)F)c1. The number of hydrogen-bond donors (Lipinski definition) is 0. The molecule has 0 unspecified atom stereocenters. The van der Waals surface area contributed by atoms with Crippen molar-refractivity contribution in [1.29, 1.82) is 0 Å². The number of rotatable bonds is 2. The van der Waals surface area contributed by atoms with Crippen LogP contribution in [0.15, 0.2) is 36.4 Å².